The molecule has 0 saturated carbocycles. The maximum absolute atomic E-state index is 11.9. The van der Waals surface area contributed by atoms with Crippen molar-refractivity contribution >= 4 is 23.6 Å². The molecule has 1 unspecified atom stereocenters. The van der Waals surface area contributed by atoms with E-state index in [4.69, 9.17) is 16.9 Å². The first kappa shape index (κ1) is 13.2. The maximum Gasteiger partial charge on any atom is 0.257 e. The van der Waals surface area contributed by atoms with Crippen LogP contribution < -0.4 is 0 Å². The molecule has 92 valence electrons. The van der Waals surface area contributed by atoms with Gasteiger partial charge in [0, 0.05) is 18.3 Å². The zero-order valence-corrected chi connectivity index (χ0v) is 9.94. The van der Waals surface area contributed by atoms with Gasteiger partial charge in [-0.25, -0.2) is 4.42 Å². The summed E-state index contributed by atoms with van der Waals surface area (Å²) in [6, 6.07) is 0. The molecule has 1 saturated heterocycles. The second-order valence-corrected chi connectivity index (χ2v) is 4.59. The monoisotopic (exact) mass is 250 g/mol. The summed E-state index contributed by atoms with van der Waals surface area (Å²) in [4.78, 5) is 24.6. The Bertz CT molecular complexity index is 308. The Labute approximate surface area is 98.5 Å². The predicted octanol–water partition coefficient (Wildman–Crippen LogP) is -1.06. The van der Waals surface area contributed by atoms with Crippen molar-refractivity contribution in [2.45, 2.75) is 25.5 Å². The van der Waals surface area contributed by atoms with Crippen LogP contribution in [0, 0.1) is 0 Å². The average molecular weight is 251 g/mol. The second-order valence-electron chi connectivity index (χ2n) is 4.26. The van der Waals surface area contributed by atoms with Crippen LogP contribution in [0.15, 0.2) is 0 Å². The van der Waals surface area contributed by atoms with Crippen LogP contribution >= 0.6 is 11.8 Å². The van der Waals surface area contributed by atoms with Crippen molar-refractivity contribution in [3.05, 3.63) is 0 Å². The van der Waals surface area contributed by atoms with E-state index in [0.29, 0.717) is 0 Å². The predicted molar refractivity (Wildman–Crippen MR) is 56.5 cm³/mol. The summed E-state index contributed by atoms with van der Waals surface area (Å²) in [5.74, 6) is -0.758. The molecule has 1 rings (SSSR count). The Kier molecular flexibility index (Phi) is 3.77. The third-order valence-corrected chi connectivity index (χ3v) is 3.10. The van der Waals surface area contributed by atoms with Crippen LogP contribution in [0.1, 0.15) is 13.8 Å². The number of rotatable bonds is 3. The van der Waals surface area contributed by atoms with Crippen molar-refractivity contribution in [1.82, 2.24) is 9.32 Å². The van der Waals surface area contributed by atoms with Gasteiger partial charge in [-0.3, -0.25) is 9.59 Å². The first-order valence-electron chi connectivity index (χ1n) is 4.88. The molecule has 0 aliphatic carbocycles. The van der Waals surface area contributed by atoms with Crippen LogP contribution in [0.25, 0.3) is 0 Å². The molecule has 6 nitrogen and oxygen atoms in total. The van der Waals surface area contributed by atoms with Gasteiger partial charge in [0.2, 0.25) is 5.91 Å². The largest absolute Gasteiger partial charge is 0.394 e. The van der Waals surface area contributed by atoms with Crippen molar-refractivity contribution in [1.29, 1.82) is 0 Å². The van der Waals surface area contributed by atoms with Gasteiger partial charge >= 0.3 is 0 Å². The van der Waals surface area contributed by atoms with E-state index >= 15 is 0 Å². The van der Waals surface area contributed by atoms with E-state index in [1.807, 2.05) is 0 Å². The molecule has 0 aromatic rings. The fourth-order valence-electron chi connectivity index (χ4n) is 1.54. The Hall–Kier alpha value is -0.850. The number of aliphatic hydroxyl groups is 2. The van der Waals surface area contributed by atoms with Gasteiger partial charge in [-0.15, -0.1) is 0 Å². The smallest absolute Gasteiger partial charge is 0.257 e. The first-order chi connectivity index (χ1) is 7.30. The highest BCUT2D eigenvalue weighted by Crippen LogP contribution is 2.25. The molecule has 16 heavy (non-hydrogen) atoms. The first-order valence-corrected chi connectivity index (χ1v) is 5.21. The van der Waals surface area contributed by atoms with Crippen LogP contribution in [0.4, 0.5) is 0 Å². The normalized spacial score (nSPS) is 22.6. The molecule has 1 atom stereocenters. The highest BCUT2D eigenvalue weighted by molar-refractivity contribution is 6.25. The maximum atomic E-state index is 11.9. The number of hydrogen-bond acceptors (Lipinski definition) is 4. The van der Waals surface area contributed by atoms with Gasteiger partial charge in [0.05, 0.1) is 12.7 Å². The van der Waals surface area contributed by atoms with Crippen LogP contribution in [0.5, 0.6) is 0 Å². The van der Waals surface area contributed by atoms with E-state index < -0.39 is 24.2 Å². The number of aliphatic hydroxyl groups excluding tert-OH is 2. The summed E-state index contributed by atoms with van der Waals surface area (Å²) in [6.45, 7) is 2.34. The molecule has 0 radical (unpaired) electrons. The molecule has 7 heteroatoms. The van der Waals surface area contributed by atoms with Gasteiger partial charge in [-0.1, -0.05) is 0 Å². The third kappa shape index (κ3) is 2.28. The summed E-state index contributed by atoms with van der Waals surface area (Å²) in [7, 11) is 0. The number of carbonyl (C=O) groups is 2. The molecule has 0 bridgehead atoms. The molecule has 1 heterocycles. The van der Waals surface area contributed by atoms with Gasteiger partial charge in [-0.05, 0) is 13.8 Å². The van der Waals surface area contributed by atoms with Crippen molar-refractivity contribution in [3.8, 4) is 0 Å². The minimum atomic E-state index is -1.13. The Morgan fingerprint density at radius 1 is 1.50 bits per heavy atom. The lowest BCUT2D eigenvalue weighted by molar-refractivity contribution is -0.157. The number of hydrogen-bond donors (Lipinski definition) is 2. The van der Waals surface area contributed by atoms with E-state index in [-0.39, 0.29) is 19.0 Å². The van der Waals surface area contributed by atoms with E-state index in [2.05, 4.69) is 0 Å². The summed E-state index contributed by atoms with van der Waals surface area (Å²) < 4.78 is 0.872. The van der Waals surface area contributed by atoms with Crippen LogP contribution in [0.3, 0.4) is 0 Å². The minimum absolute atomic E-state index is 0.0742. The zero-order chi connectivity index (χ0) is 12.5. The molecule has 2 N–H and O–H groups in total. The molecule has 2 amide bonds. The number of halogens is 1. The van der Waals surface area contributed by atoms with Crippen molar-refractivity contribution in [2.75, 3.05) is 19.7 Å². The standard InChI is InChI=1S/C9H15ClN2O4/c1-9(2)8(16)11(3-6(14)5-13)4-7(15)12(9)10/h6,13-14H,3-5H2,1-2H3. The summed E-state index contributed by atoms with van der Waals surface area (Å²) in [5.41, 5.74) is -1.13. The Balaban J connectivity index is 2.82. The van der Waals surface area contributed by atoms with Gasteiger partial charge < -0.3 is 15.1 Å². The summed E-state index contributed by atoms with van der Waals surface area (Å²) in [5, 5.41) is 17.9. The third-order valence-electron chi connectivity index (χ3n) is 2.49. The molecule has 1 aliphatic rings. The lowest BCUT2D eigenvalue weighted by atomic mass is 10.00. The van der Waals surface area contributed by atoms with Crippen molar-refractivity contribution in [3.63, 3.8) is 0 Å². The van der Waals surface area contributed by atoms with Gasteiger partial charge in [-0.2, -0.15) is 0 Å². The van der Waals surface area contributed by atoms with Crippen molar-refractivity contribution < 1.29 is 19.8 Å². The minimum Gasteiger partial charge on any atom is -0.394 e. The van der Waals surface area contributed by atoms with Gasteiger partial charge in [0.15, 0.2) is 0 Å². The fourth-order valence-corrected chi connectivity index (χ4v) is 1.67. The lowest BCUT2D eigenvalue weighted by Gasteiger charge is -2.41. The topological polar surface area (TPSA) is 81.1 Å². The van der Waals surface area contributed by atoms with E-state index in [0.717, 1.165) is 4.42 Å². The summed E-state index contributed by atoms with van der Waals surface area (Å²) in [6.07, 6.45) is -1.05. The molecular weight excluding hydrogens is 236 g/mol. The number of carbonyl (C=O) groups excluding carboxylic acids is 2. The number of β-amino-alcohol motifs (C(OH)–C–C–N with tert-alkyl or cyclic N) is 1. The van der Waals surface area contributed by atoms with Crippen LogP contribution in [0.2, 0.25) is 0 Å². The Morgan fingerprint density at radius 3 is 2.56 bits per heavy atom. The molecule has 0 aromatic heterocycles. The molecule has 0 spiro atoms. The van der Waals surface area contributed by atoms with E-state index in [9.17, 15) is 14.7 Å². The quantitative estimate of drug-likeness (QED) is 0.626. The number of piperazine rings is 1. The highest BCUT2D eigenvalue weighted by atomic mass is 35.5. The summed E-state index contributed by atoms with van der Waals surface area (Å²) >= 11 is 5.71. The van der Waals surface area contributed by atoms with E-state index in [1.54, 1.807) is 0 Å². The molecule has 1 fully saturated rings. The average Bonchev–Trinajstić information content (AvgIpc) is 2.23. The fraction of sp³-hybridized carbons (Fsp3) is 0.778. The van der Waals surface area contributed by atoms with Gasteiger partial charge in [0.25, 0.3) is 5.91 Å². The number of nitrogens with zero attached hydrogens (tertiary/aromatic N) is 2. The molecule has 1 aliphatic heterocycles. The zero-order valence-electron chi connectivity index (χ0n) is 9.18. The SMILES string of the molecule is CC1(C)C(=O)N(CC(O)CO)CC(=O)N1Cl. The van der Waals surface area contributed by atoms with Crippen molar-refractivity contribution in [2.24, 2.45) is 0 Å². The number of amides is 2. The molecular formula is C9H15ClN2O4. The lowest BCUT2D eigenvalue weighted by Crippen LogP contribution is -2.63. The van der Waals surface area contributed by atoms with E-state index in [1.165, 1.54) is 18.7 Å². The highest BCUT2D eigenvalue weighted by Gasteiger charge is 2.45. The Morgan fingerprint density at radius 2 is 2.06 bits per heavy atom. The second kappa shape index (κ2) is 4.57. The molecule has 0 aromatic carbocycles. The van der Waals surface area contributed by atoms with Gasteiger partial charge in [0.1, 0.15) is 12.1 Å². The van der Waals surface area contributed by atoms with Crippen LogP contribution in [-0.4, -0.2) is 62.7 Å². The van der Waals surface area contributed by atoms with Crippen LogP contribution in [-0.2, 0) is 9.59 Å².